The molecule has 7 atom stereocenters. The van der Waals surface area contributed by atoms with Gasteiger partial charge < -0.3 is 41.4 Å². The molecule has 4 rings (SSSR count). The van der Waals surface area contributed by atoms with Crippen LogP contribution in [-0.4, -0.2) is 109 Å². The average molecular weight is 874 g/mol. The highest BCUT2D eigenvalue weighted by Crippen LogP contribution is 2.31. The molecule has 1 saturated heterocycles. The molecule has 6 amide bonds. The molecule has 17 heteroatoms. The molecule has 63 heavy (non-hydrogen) atoms. The maximum absolute atomic E-state index is 14.4. The number of hydrogen-bond acceptors (Lipinski definition) is 10. The molecule has 344 valence electrons. The number of amides is 6. The number of aliphatic hydroxyl groups is 1. The Balaban J connectivity index is 1.52. The average Bonchev–Trinajstić information content (AvgIpc) is 3.91. The van der Waals surface area contributed by atoms with Crippen LogP contribution >= 0.6 is 0 Å². The lowest BCUT2D eigenvalue weighted by atomic mass is 9.95. The second kappa shape index (κ2) is 23.0. The van der Waals surface area contributed by atoms with Gasteiger partial charge in [-0.1, -0.05) is 70.5 Å². The Bertz CT molecular complexity index is 1960. The van der Waals surface area contributed by atoms with Crippen molar-refractivity contribution in [1.29, 1.82) is 0 Å². The number of pyridine rings is 1. The summed E-state index contributed by atoms with van der Waals surface area (Å²) < 4.78 is 5.62. The molecule has 0 saturated carbocycles. The molecule has 17 nitrogen and oxygen atoms in total. The number of rotatable bonds is 21. The van der Waals surface area contributed by atoms with E-state index in [0.29, 0.717) is 37.2 Å². The number of aliphatic hydroxyl groups excluding tert-OH is 1. The van der Waals surface area contributed by atoms with E-state index in [-0.39, 0.29) is 43.6 Å². The van der Waals surface area contributed by atoms with Crippen LogP contribution in [0.1, 0.15) is 104 Å². The number of carbonyl (C=O) groups is 6. The van der Waals surface area contributed by atoms with E-state index in [0.717, 1.165) is 5.56 Å². The SMILES string of the molecule is CC[C@H](C)[C@H](NC(=O)C[C@H](O)[C@H](CC(C)C)NC(=O)[C@H](Cc1cnc[nH]1)NC(=O)[C@H](Cc1ccccc1)NC(=O)[C@]1(C)CCCN1C(=O)OC(C)(C)C)C(=O)NCc1ccccn1. The maximum Gasteiger partial charge on any atom is 0.411 e. The van der Waals surface area contributed by atoms with E-state index in [2.05, 4.69) is 41.5 Å². The summed E-state index contributed by atoms with van der Waals surface area (Å²) in [6.45, 7) is 14.9. The van der Waals surface area contributed by atoms with E-state index in [1.54, 1.807) is 46.0 Å². The molecule has 1 aliphatic rings. The van der Waals surface area contributed by atoms with Crippen LogP contribution in [0.25, 0.3) is 0 Å². The molecular weight excluding hydrogens is 807 g/mol. The number of imidazole rings is 1. The second-order valence-electron chi connectivity index (χ2n) is 18.1. The third kappa shape index (κ3) is 15.2. The van der Waals surface area contributed by atoms with Gasteiger partial charge in [-0.3, -0.25) is 33.9 Å². The van der Waals surface area contributed by atoms with Crippen LogP contribution in [0.5, 0.6) is 0 Å². The number of H-pyrrole nitrogens is 1. The highest BCUT2D eigenvalue weighted by molar-refractivity contribution is 5.96. The molecule has 1 fully saturated rings. The van der Waals surface area contributed by atoms with E-state index >= 15 is 0 Å². The van der Waals surface area contributed by atoms with Gasteiger partial charge in [0, 0.05) is 37.5 Å². The highest BCUT2D eigenvalue weighted by atomic mass is 16.6. The quantitative estimate of drug-likeness (QED) is 0.0823. The third-order valence-electron chi connectivity index (χ3n) is 11.2. The third-order valence-corrected chi connectivity index (χ3v) is 11.2. The fraction of sp³-hybridized carbons (Fsp3) is 0.565. The van der Waals surface area contributed by atoms with Crippen molar-refractivity contribution in [2.75, 3.05) is 6.54 Å². The molecule has 0 aliphatic carbocycles. The minimum Gasteiger partial charge on any atom is -0.444 e. The van der Waals surface area contributed by atoms with Gasteiger partial charge in [-0.05, 0) is 76.5 Å². The van der Waals surface area contributed by atoms with E-state index in [1.165, 1.54) is 17.4 Å². The summed E-state index contributed by atoms with van der Waals surface area (Å²) in [5.74, 6) is -3.06. The van der Waals surface area contributed by atoms with Gasteiger partial charge in [-0.15, -0.1) is 0 Å². The summed E-state index contributed by atoms with van der Waals surface area (Å²) >= 11 is 0. The number of benzene rings is 1. The molecule has 0 radical (unpaired) electrons. The van der Waals surface area contributed by atoms with E-state index < -0.39 is 77.6 Å². The predicted molar refractivity (Wildman–Crippen MR) is 236 cm³/mol. The van der Waals surface area contributed by atoms with Crippen LogP contribution in [0.15, 0.2) is 67.3 Å². The van der Waals surface area contributed by atoms with Gasteiger partial charge in [0.1, 0.15) is 29.3 Å². The Labute approximate surface area is 370 Å². The van der Waals surface area contributed by atoms with Crippen LogP contribution in [0.2, 0.25) is 0 Å². The van der Waals surface area contributed by atoms with Crippen LogP contribution < -0.4 is 26.6 Å². The number of ether oxygens (including phenoxy) is 1. The lowest BCUT2D eigenvalue weighted by molar-refractivity contribution is -0.136. The zero-order chi connectivity index (χ0) is 46.3. The topological polar surface area (TPSA) is 237 Å². The van der Waals surface area contributed by atoms with Crippen molar-refractivity contribution in [3.05, 3.63) is 84.2 Å². The standard InChI is InChI=1S/C46H67N9O8/c1-9-30(4)39(42(60)49-27-32-18-13-14-20-48-32)54-38(57)25-37(56)34(22-29(2)3)51-41(59)36(24-33-26-47-28-50-33)52-40(58)35(23-31-16-11-10-12-17-31)53-43(61)46(8)19-15-21-55(46)44(62)63-45(5,6)7/h10-14,16-18,20,26,28-30,34-37,39,56H,9,15,19,21-25,27H2,1-8H3,(H,47,50)(H,49,60)(H,51,59)(H,52,58)(H,53,61)(H,54,57)/t30-,34-,35-,36-,37-,39-,46-/m0/s1. The summed E-state index contributed by atoms with van der Waals surface area (Å²) in [7, 11) is 0. The minimum atomic E-state index is -1.36. The number of hydrogen-bond donors (Lipinski definition) is 7. The Kier molecular flexibility index (Phi) is 18.2. The number of nitrogens with one attached hydrogen (secondary N) is 6. The first-order valence-corrected chi connectivity index (χ1v) is 21.9. The molecule has 0 bridgehead atoms. The highest BCUT2D eigenvalue weighted by Gasteiger charge is 2.48. The molecule has 0 unspecified atom stereocenters. The minimum absolute atomic E-state index is 0.0249. The number of carbonyl (C=O) groups excluding carboxylic acids is 6. The summed E-state index contributed by atoms with van der Waals surface area (Å²) in [6.07, 6.45) is 4.00. The Morgan fingerprint density at radius 2 is 1.59 bits per heavy atom. The van der Waals surface area contributed by atoms with Crippen molar-refractivity contribution in [2.24, 2.45) is 11.8 Å². The van der Waals surface area contributed by atoms with Crippen molar-refractivity contribution in [3.63, 3.8) is 0 Å². The Hall–Kier alpha value is -5.84. The Morgan fingerprint density at radius 1 is 0.905 bits per heavy atom. The van der Waals surface area contributed by atoms with E-state index in [9.17, 15) is 33.9 Å². The van der Waals surface area contributed by atoms with Crippen LogP contribution in [0.3, 0.4) is 0 Å². The van der Waals surface area contributed by atoms with E-state index in [4.69, 9.17) is 4.74 Å². The smallest absolute Gasteiger partial charge is 0.411 e. The fourth-order valence-corrected chi connectivity index (χ4v) is 7.44. The van der Waals surface area contributed by atoms with E-state index in [1.807, 2.05) is 64.1 Å². The van der Waals surface area contributed by atoms with Gasteiger partial charge in [-0.25, -0.2) is 9.78 Å². The van der Waals surface area contributed by atoms with Crippen molar-refractivity contribution >= 4 is 35.6 Å². The normalized spacial score (nSPS) is 18.0. The van der Waals surface area contributed by atoms with Gasteiger partial charge >= 0.3 is 6.09 Å². The molecule has 0 spiro atoms. The fourth-order valence-electron chi connectivity index (χ4n) is 7.44. The lowest BCUT2D eigenvalue weighted by Crippen LogP contribution is -2.62. The number of likely N-dealkylation sites (tertiary alicyclic amines) is 1. The van der Waals surface area contributed by atoms with Gasteiger partial charge in [0.15, 0.2) is 0 Å². The maximum atomic E-state index is 14.4. The number of nitrogens with zero attached hydrogens (tertiary/aromatic N) is 3. The molecular formula is C46H67N9O8. The molecule has 3 aromatic rings. The van der Waals surface area contributed by atoms with Crippen molar-refractivity contribution in [3.8, 4) is 0 Å². The van der Waals surface area contributed by atoms with Crippen molar-refractivity contribution < 1.29 is 38.6 Å². The Morgan fingerprint density at radius 3 is 2.21 bits per heavy atom. The number of aromatic nitrogens is 3. The first kappa shape index (κ1) is 49.8. The summed E-state index contributed by atoms with van der Waals surface area (Å²) in [6, 6.07) is 10.3. The molecule has 2 aromatic heterocycles. The first-order valence-electron chi connectivity index (χ1n) is 21.9. The predicted octanol–water partition coefficient (Wildman–Crippen LogP) is 3.48. The van der Waals surface area contributed by atoms with Crippen LogP contribution in [0.4, 0.5) is 4.79 Å². The van der Waals surface area contributed by atoms with Gasteiger partial charge in [0.05, 0.1) is 37.1 Å². The number of aromatic amines is 1. The zero-order valence-corrected chi connectivity index (χ0v) is 37.9. The van der Waals surface area contributed by atoms with Crippen molar-refractivity contribution in [1.82, 2.24) is 46.4 Å². The monoisotopic (exact) mass is 874 g/mol. The van der Waals surface area contributed by atoms with Gasteiger partial charge in [0.2, 0.25) is 29.5 Å². The van der Waals surface area contributed by atoms with Crippen molar-refractivity contribution in [2.45, 2.75) is 148 Å². The largest absolute Gasteiger partial charge is 0.444 e. The molecule has 3 heterocycles. The molecule has 1 aromatic carbocycles. The first-order chi connectivity index (χ1) is 29.8. The second-order valence-corrected chi connectivity index (χ2v) is 18.1. The molecule has 1 aliphatic heterocycles. The molecule has 7 N–H and O–H groups in total. The summed E-state index contributed by atoms with van der Waals surface area (Å²) in [5.41, 5.74) is -0.166. The van der Waals surface area contributed by atoms with Crippen LogP contribution in [0, 0.1) is 11.8 Å². The summed E-state index contributed by atoms with van der Waals surface area (Å²) in [5, 5.41) is 25.8. The summed E-state index contributed by atoms with van der Waals surface area (Å²) in [4.78, 5) is 95.5. The lowest BCUT2D eigenvalue weighted by Gasteiger charge is -2.36. The van der Waals surface area contributed by atoms with Gasteiger partial charge in [-0.2, -0.15) is 0 Å². The zero-order valence-electron chi connectivity index (χ0n) is 37.9. The van der Waals surface area contributed by atoms with Crippen LogP contribution in [-0.2, 0) is 48.1 Å². The van der Waals surface area contributed by atoms with Gasteiger partial charge in [0.25, 0.3) is 0 Å².